The van der Waals surface area contributed by atoms with E-state index in [1.54, 1.807) is 6.07 Å². The molecule has 0 aromatic heterocycles. The molecule has 1 aromatic rings. The fourth-order valence-corrected chi connectivity index (χ4v) is 2.69. The molecular formula is C14H19NO2. The van der Waals surface area contributed by atoms with Gasteiger partial charge < -0.3 is 10.8 Å². The minimum absolute atomic E-state index is 0.0612. The molecule has 0 aliphatic heterocycles. The van der Waals surface area contributed by atoms with E-state index in [1.807, 2.05) is 19.1 Å². The van der Waals surface area contributed by atoms with Crippen molar-refractivity contribution in [3.63, 3.8) is 0 Å². The van der Waals surface area contributed by atoms with Crippen molar-refractivity contribution < 1.29 is 9.90 Å². The van der Waals surface area contributed by atoms with Gasteiger partial charge in [-0.15, -0.1) is 0 Å². The van der Waals surface area contributed by atoms with Gasteiger partial charge in [0.15, 0.2) is 0 Å². The molecule has 0 saturated heterocycles. The van der Waals surface area contributed by atoms with E-state index in [2.05, 4.69) is 0 Å². The summed E-state index contributed by atoms with van der Waals surface area (Å²) in [4.78, 5) is 11.4. The number of aliphatic hydroxyl groups excluding tert-OH is 1. The van der Waals surface area contributed by atoms with Crippen LogP contribution in [0.1, 0.15) is 53.1 Å². The fraction of sp³-hybridized carbons (Fsp3) is 0.500. The molecule has 17 heavy (non-hydrogen) atoms. The highest BCUT2D eigenvalue weighted by atomic mass is 16.3. The van der Waals surface area contributed by atoms with Crippen LogP contribution in [-0.4, -0.2) is 17.1 Å². The number of rotatable bonds is 2. The number of carbonyl (C=O) groups excluding carboxylic acids is 1. The first-order valence-electron chi connectivity index (χ1n) is 6.18. The lowest BCUT2D eigenvalue weighted by atomic mass is 9.79. The first-order chi connectivity index (χ1) is 8.09. The van der Waals surface area contributed by atoms with Gasteiger partial charge in [0.05, 0.1) is 6.10 Å². The molecular weight excluding hydrogens is 214 g/mol. The highest BCUT2D eigenvalue weighted by molar-refractivity contribution is 5.94. The van der Waals surface area contributed by atoms with Crippen LogP contribution in [0.3, 0.4) is 0 Å². The number of benzene rings is 1. The smallest absolute Gasteiger partial charge is 0.248 e. The standard InChI is InChI=1S/C14H19NO2/c1-9-6-7-11(14(15)17)12(8-9)10-4-2-3-5-13(10)16/h6-8,10,13,16H,2-5H2,1H3,(H2,15,17)/t10-,13-/m0/s1. The van der Waals surface area contributed by atoms with E-state index in [9.17, 15) is 9.90 Å². The molecule has 1 fully saturated rings. The van der Waals surface area contributed by atoms with Crippen LogP contribution in [0.2, 0.25) is 0 Å². The Bertz CT molecular complexity index is 428. The number of carbonyl (C=O) groups is 1. The van der Waals surface area contributed by atoms with Crippen molar-refractivity contribution in [1.82, 2.24) is 0 Å². The van der Waals surface area contributed by atoms with Crippen LogP contribution in [0.4, 0.5) is 0 Å². The Morgan fingerprint density at radius 3 is 2.71 bits per heavy atom. The highest BCUT2D eigenvalue weighted by Gasteiger charge is 2.27. The van der Waals surface area contributed by atoms with Gasteiger partial charge in [-0.2, -0.15) is 0 Å². The Morgan fingerprint density at radius 1 is 1.35 bits per heavy atom. The number of amides is 1. The maximum Gasteiger partial charge on any atom is 0.248 e. The summed E-state index contributed by atoms with van der Waals surface area (Å²) in [5, 5.41) is 10.1. The molecule has 0 bridgehead atoms. The van der Waals surface area contributed by atoms with Crippen LogP contribution in [0.15, 0.2) is 18.2 Å². The molecule has 0 radical (unpaired) electrons. The molecule has 1 saturated carbocycles. The van der Waals surface area contributed by atoms with E-state index in [0.717, 1.165) is 36.8 Å². The number of aliphatic hydroxyl groups is 1. The Balaban J connectivity index is 2.41. The largest absolute Gasteiger partial charge is 0.392 e. The maximum absolute atomic E-state index is 11.4. The number of hydrogen-bond donors (Lipinski definition) is 2. The molecule has 1 aliphatic rings. The lowest BCUT2D eigenvalue weighted by Gasteiger charge is -2.29. The average molecular weight is 233 g/mol. The zero-order chi connectivity index (χ0) is 12.4. The lowest BCUT2D eigenvalue weighted by molar-refractivity contribution is 0.0978. The minimum atomic E-state index is -0.405. The van der Waals surface area contributed by atoms with Crippen molar-refractivity contribution in [2.45, 2.75) is 44.6 Å². The van der Waals surface area contributed by atoms with Crippen molar-refractivity contribution in [2.75, 3.05) is 0 Å². The molecule has 3 heteroatoms. The zero-order valence-corrected chi connectivity index (χ0v) is 10.1. The minimum Gasteiger partial charge on any atom is -0.392 e. The molecule has 2 rings (SSSR count). The van der Waals surface area contributed by atoms with Crippen LogP contribution < -0.4 is 5.73 Å². The number of primary amides is 1. The van der Waals surface area contributed by atoms with Gasteiger partial charge in [-0.25, -0.2) is 0 Å². The summed E-state index contributed by atoms with van der Waals surface area (Å²) in [6.45, 7) is 1.99. The van der Waals surface area contributed by atoms with Crippen LogP contribution in [-0.2, 0) is 0 Å². The van der Waals surface area contributed by atoms with Gasteiger partial charge in [0.2, 0.25) is 5.91 Å². The second kappa shape index (κ2) is 4.88. The number of aryl methyl sites for hydroxylation is 1. The summed E-state index contributed by atoms with van der Waals surface area (Å²) in [5.41, 5.74) is 7.97. The maximum atomic E-state index is 11.4. The van der Waals surface area contributed by atoms with Gasteiger partial charge in [-0.05, 0) is 31.4 Å². The van der Waals surface area contributed by atoms with Crippen LogP contribution >= 0.6 is 0 Å². The highest BCUT2D eigenvalue weighted by Crippen LogP contribution is 2.35. The summed E-state index contributed by atoms with van der Waals surface area (Å²) in [6, 6.07) is 5.65. The summed E-state index contributed by atoms with van der Waals surface area (Å²) >= 11 is 0. The summed E-state index contributed by atoms with van der Waals surface area (Å²) < 4.78 is 0. The Morgan fingerprint density at radius 2 is 2.06 bits per heavy atom. The lowest BCUT2D eigenvalue weighted by Crippen LogP contribution is -2.25. The molecule has 2 atom stereocenters. The van der Waals surface area contributed by atoms with E-state index in [4.69, 9.17) is 5.73 Å². The third kappa shape index (κ3) is 2.50. The van der Waals surface area contributed by atoms with E-state index in [0.29, 0.717) is 5.56 Å². The van der Waals surface area contributed by atoms with Gasteiger partial charge in [0, 0.05) is 11.5 Å². The summed E-state index contributed by atoms with van der Waals surface area (Å²) in [7, 11) is 0. The van der Waals surface area contributed by atoms with Crippen molar-refractivity contribution in [2.24, 2.45) is 5.73 Å². The average Bonchev–Trinajstić information content (AvgIpc) is 2.29. The van der Waals surface area contributed by atoms with E-state index >= 15 is 0 Å². The molecule has 92 valence electrons. The first-order valence-corrected chi connectivity index (χ1v) is 6.18. The van der Waals surface area contributed by atoms with E-state index in [1.165, 1.54) is 0 Å². The van der Waals surface area contributed by atoms with Gasteiger partial charge in [-0.1, -0.05) is 30.5 Å². The normalized spacial score (nSPS) is 24.6. The topological polar surface area (TPSA) is 63.3 Å². The predicted molar refractivity (Wildman–Crippen MR) is 66.9 cm³/mol. The van der Waals surface area contributed by atoms with Crippen molar-refractivity contribution in [3.8, 4) is 0 Å². The summed E-state index contributed by atoms with van der Waals surface area (Å²) in [6.07, 6.45) is 3.58. The molecule has 3 nitrogen and oxygen atoms in total. The van der Waals surface area contributed by atoms with E-state index < -0.39 is 5.91 Å². The van der Waals surface area contributed by atoms with Crippen LogP contribution in [0, 0.1) is 6.92 Å². The first kappa shape index (κ1) is 12.1. The SMILES string of the molecule is Cc1ccc(C(N)=O)c([C@@H]2CCCC[C@@H]2O)c1. The second-order valence-corrected chi connectivity index (χ2v) is 4.91. The molecule has 1 amide bonds. The van der Waals surface area contributed by atoms with Gasteiger partial charge in [-0.3, -0.25) is 4.79 Å². The number of nitrogens with two attached hydrogens (primary N) is 1. The molecule has 1 aromatic carbocycles. The fourth-order valence-electron chi connectivity index (χ4n) is 2.69. The number of hydrogen-bond acceptors (Lipinski definition) is 2. The van der Waals surface area contributed by atoms with E-state index in [-0.39, 0.29) is 12.0 Å². The summed E-state index contributed by atoms with van der Waals surface area (Å²) in [5.74, 6) is -0.344. The Kier molecular flexibility index (Phi) is 3.48. The van der Waals surface area contributed by atoms with Gasteiger partial charge in [0.1, 0.15) is 0 Å². The Labute approximate surface area is 102 Å². The quantitative estimate of drug-likeness (QED) is 0.821. The molecule has 1 aliphatic carbocycles. The van der Waals surface area contributed by atoms with Gasteiger partial charge >= 0.3 is 0 Å². The van der Waals surface area contributed by atoms with Crippen molar-refractivity contribution in [1.29, 1.82) is 0 Å². The van der Waals surface area contributed by atoms with Gasteiger partial charge in [0.25, 0.3) is 0 Å². The molecule has 3 N–H and O–H groups in total. The second-order valence-electron chi connectivity index (χ2n) is 4.91. The van der Waals surface area contributed by atoms with Crippen LogP contribution in [0.5, 0.6) is 0 Å². The van der Waals surface area contributed by atoms with Crippen LogP contribution in [0.25, 0.3) is 0 Å². The molecule has 0 heterocycles. The molecule has 0 spiro atoms. The predicted octanol–water partition coefficient (Wildman–Crippen LogP) is 2.11. The zero-order valence-electron chi connectivity index (χ0n) is 10.1. The molecule has 0 unspecified atom stereocenters. The Hall–Kier alpha value is -1.35. The monoisotopic (exact) mass is 233 g/mol. The third-order valence-electron chi connectivity index (χ3n) is 3.60. The third-order valence-corrected chi connectivity index (χ3v) is 3.60. The van der Waals surface area contributed by atoms with Crippen molar-refractivity contribution >= 4 is 5.91 Å². The van der Waals surface area contributed by atoms with Crippen molar-refractivity contribution in [3.05, 3.63) is 34.9 Å².